The van der Waals surface area contributed by atoms with Crippen LogP contribution in [0.2, 0.25) is 0 Å². The molecule has 5 heteroatoms. The molecule has 1 heterocycles. The molecule has 5 nitrogen and oxygen atoms in total. The zero-order valence-electron chi connectivity index (χ0n) is 11.0. The number of benzene rings is 1. The van der Waals surface area contributed by atoms with E-state index in [0.29, 0.717) is 18.4 Å². The van der Waals surface area contributed by atoms with Crippen molar-refractivity contribution in [3.63, 3.8) is 0 Å². The Labute approximate surface area is 116 Å². The van der Waals surface area contributed by atoms with E-state index in [2.05, 4.69) is 5.10 Å². The van der Waals surface area contributed by atoms with Crippen LogP contribution in [0.1, 0.15) is 41.4 Å². The molecule has 0 amide bonds. The summed E-state index contributed by atoms with van der Waals surface area (Å²) in [4.78, 5) is 10.9. The van der Waals surface area contributed by atoms with Crippen molar-refractivity contribution in [2.75, 3.05) is 0 Å². The van der Waals surface area contributed by atoms with Crippen LogP contribution in [0.5, 0.6) is 5.75 Å². The molecule has 0 radical (unpaired) electrons. The second kappa shape index (κ2) is 5.36. The van der Waals surface area contributed by atoms with Gasteiger partial charge in [0.2, 0.25) is 0 Å². The maximum Gasteiger partial charge on any atom is 0.335 e. The van der Waals surface area contributed by atoms with Crippen LogP contribution in [-0.2, 0) is 6.61 Å². The van der Waals surface area contributed by atoms with Crippen LogP contribution >= 0.6 is 0 Å². The van der Waals surface area contributed by atoms with Crippen LogP contribution in [0.25, 0.3) is 0 Å². The van der Waals surface area contributed by atoms with Gasteiger partial charge in [-0.3, -0.25) is 4.68 Å². The van der Waals surface area contributed by atoms with Crippen LogP contribution in [0.3, 0.4) is 0 Å². The van der Waals surface area contributed by atoms with Gasteiger partial charge in [-0.1, -0.05) is 6.07 Å². The van der Waals surface area contributed by atoms with Gasteiger partial charge < -0.3 is 9.84 Å². The predicted octanol–water partition coefficient (Wildman–Crippen LogP) is 2.89. The summed E-state index contributed by atoms with van der Waals surface area (Å²) in [5, 5.41) is 13.4. The van der Waals surface area contributed by atoms with Crippen LogP contribution in [-0.4, -0.2) is 20.9 Å². The summed E-state index contributed by atoms with van der Waals surface area (Å²) in [6.45, 7) is 0.350. The lowest BCUT2D eigenvalue weighted by atomic mass is 9.93. The largest absolute Gasteiger partial charge is 0.487 e. The number of ether oxygens (including phenoxy) is 1. The van der Waals surface area contributed by atoms with Gasteiger partial charge in [-0.15, -0.1) is 0 Å². The van der Waals surface area contributed by atoms with Crippen molar-refractivity contribution in [1.82, 2.24) is 9.78 Å². The number of hydrogen-bond donors (Lipinski definition) is 1. The van der Waals surface area contributed by atoms with E-state index in [1.807, 2.05) is 16.9 Å². The SMILES string of the molecule is O=C(O)c1cccc(OCc2ccn(C3CCC3)n2)c1. The van der Waals surface area contributed by atoms with Gasteiger partial charge in [-0.05, 0) is 43.5 Å². The van der Waals surface area contributed by atoms with Gasteiger partial charge in [0.1, 0.15) is 12.4 Å². The lowest BCUT2D eigenvalue weighted by molar-refractivity contribution is 0.0696. The summed E-state index contributed by atoms with van der Waals surface area (Å²) >= 11 is 0. The lowest BCUT2D eigenvalue weighted by Gasteiger charge is -2.25. The third-order valence-corrected chi connectivity index (χ3v) is 3.58. The summed E-state index contributed by atoms with van der Waals surface area (Å²) < 4.78 is 7.58. The first-order chi connectivity index (χ1) is 9.72. The molecule has 0 unspecified atom stereocenters. The van der Waals surface area contributed by atoms with Crippen LogP contribution in [0.4, 0.5) is 0 Å². The minimum absolute atomic E-state index is 0.225. The molecule has 1 saturated carbocycles. The number of hydrogen-bond acceptors (Lipinski definition) is 3. The van der Waals surface area contributed by atoms with Crippen molar-refractivity contribution >= 4 is 5.97 Å². The second-order valence-electron chi connectivity index (χ2n) is 4.99. The Bertz CT molecular complexity index is 617. The fourth-order valence-electron chi connectivity index (χ4n) is 2.19. The third kappa shape index (κ3) is 2.66. The van der Waals surface area contributed by atoms with E-state index in [9.17, 15) is 4.79 Å². The highest BCUT2D eigenvalue weighted by molar-refractivity contribution is 5.87. The molecule has 1 fully saturated rings. The molecule has 2 aromatic rings. The fourth-order valence-corrected chi connectivity index (χ4v) is 2.19. The Morgan fingerprint density at radius 2 is 2.25 bits per heavy atom. The highest BCUT2D eigenvalue weighted by Gasteiger charge is 2.19. The van der Waals surface area contributed by atoms with E-state index in [1.165, 1.54) is 25.3 Å². The number of aromatic nitrogens is 2. The molecule has 1 aliphatic rings. The van der Waals surface area contributed by atoms with Crippen molar-refractivity contribution < 1.29 is 14.6 Å². The van der Waals surface area contributed by atoms with Crippen molar-refractivity contribution in [3.05, 3.63) is 47.8 Å². The minimum Gasteiger partial charge on any atom is -0.487 e. The molecular weight excluding hydrogens is 256 g/mol. The van der Waals surface area contributed by atoms with Crippen molar-refractivity contribution in [3.8, 4) is 5.75 Å². The Kier molecular flexibility index (Phi) is 3.41. The quantitative estimate of drug-likeness (QED) is 0.909. The van der Waals surface area contributed by atoms with Crippen LogP contribution in [0.15, 0.2) is 36.5 Å². The topological polar surface area (TPSA) is 64.3 Å². The second-order valence-corrected chi connectivity index (χ2v) is 4.99. The van der Waals surface area contributed by atoms with E-state index in [4.69, 9.17) is 9.84 Å². The summed E-state index contributed by atoms with van der Waals surface area (Å²) in [6, 6.07) is 8.96. The summed E-state index contributed by atoms with van der Waals surface area (Å²) in [5.74, 6) is -0.409. The first-order valence-electron chi connectivity index (χ1n) is 6.72. The summed E-state index contributed by atoms with van der Waals surface area (Å²) in [7, 11) is 0. The molecule has 0 atom stereocenters. The number of carboxylic acids is 1. The Balaban J connectivity index is 1.62. The molecule has 20 heavy (non-hydrogen) atoms. The highest BCUT2D eigenvalue weighted by Crippen LogP contribution is 2.30. The normalized spacial score (nSPS) is 14.8. The first-order valence-corrected chi connectivity index (χ1v) is 6.72. The van der Waals surface area contributed by atoms with Crippen molar-refractivity contribution in [1.29, 1.82) is 0 Å². The van der Waals surface area contributed by atoms with Gasteiger partial charge in [0.25, 0.3) is 0 Å². The number of carbonyl (C=O) groups is 1. The number of carboxylic acid groups (broad SMARTS) is 1. The Morgan fingerprint density at radius 3 is 2.95 bits per heavy atom. The molecule has 0 aliphatic heterocycles. The monoisotopic (exact) mass is 272 g/mol. The van der Waals surface area contributed by atoms with Gasteiger partial charge in [-0.25, -0.2) is 4.79 Å². The summed E-state index contributed by atoms with van der Waals surface area (Å²) in [6.07, 6.45) is 5.65. The molecule has 1 aliphatic carbocycles. The van der Waals surface area contributed by atoms with Crippen molar-refractivity contribution in [2.24, 2.45) is 0 Å². The molecule has 1 aromatic carbocycles. The number of aromatic carboxylic acids is 1. The van der Waals surface area contributed by atoms with Gasteiger partial charge in [0.15, 0.2) is 0 Å². The molecule has 0 saturated heterocycles. The molecule has 1 aromatic heterocycles. The third-order valence-electron chi connectivity index (χ3n) is 3.58. The first kappa shape index (κ1) is 12.7. The molecule has 0 spiro atoms. The minimum atomic E-state index is -0.954. The molecule has 104 valence electrons. The molecule has 3 rings (SSSR count). The number of nitrogens with zero attached hydrogens (tertiary/aromatic N) is 2. The van der Waals surface area contributed by atoms with Crippen LogP contribution in [0, 0.1) is 0 Å². The maximum atomic E-state index is 10.9. The van der Waals surface area contributed by atoms with Gasteiger partial charge >= 0.3 is 5.97 Å². The molecular formula is C15H16N2O3. The van der Waals surface area contributed by atoms with Gasteiger partial charge in [-0.2, -0.15) is 5.10 Å². The average molecular weight is 272 g/mol. The lowest BCUT2D eigenvalue weighted by Crippen LogP contribution is -2.17. The van der Waals surface area contributed by atoms with E-state index >= 15 is 0 Å². The summed E-state index contributed by atoms with van der Waals surface area (Å²) in [5.41, 5.74) is 1.08. The van der Waals surface area contributed by atoms with Gasteiger partial charge in [0, 0.05) is 6.20 Å². The van der Waals surface area contributed by atoms with E-state index < -0.39 is 5.97 Å². The zero-order valence-corrected chi connectivity index (χ0v) is 11.0. The highest BCUT2D eigenvalue weighted by atomic mass is 16.5. The maximum absolute atomic E-state index is 10.9. The Hall–Kier alpha value is -2.30. The predicted molar refractivity (Wildman–Crippen MR) is 72.8 cm³/mol. The van der Waals surface area contributed by atoms with E-state index in [0.717, 1.165) is 5.69 Å². The van der Waals surface area contributed by atoms with Crippen molar-refractivity contribution in [2.45, 2.75) is 31.9 Å². The molecule has 1 N–H and O–H groups in total. The average Bonchev–Trinajstić information content (AvgIpc) is 2.83. The van der Waals surface area contributed by atoms with E-state index in [1.54, 1.807) is 18.2 Å². The van der Waals surface area contributed by atoms with Gasteiger partial charge in [0.05, 0.1) is 17.3 Å². The Morgan fingerprint density at radius 1 is 1.40 bits per heavy atom. The fraction of sp³-hybridized carbons (Fsp3) is 0.333. The van der Waals surface area contributed by atoms with Crippen LogP contribution < -0.4 is 4.74 Å². The zero-order chi connectivity index (χ0) is 13.9. The smallest absolute Gasteiger partial charge is 0.335 e. The van der Waals surface area contributed by atoms with E-state index in [-0.39, 0.29) is 5.56 Å². The standard InChI is InChI=1S/C15H16N2O3/c18-15(19)11-3-1-6-14(9-11)20-10-12-7-8-17(16-12)13-4-2-5-13/h1,3,6-9,13H,2,4-5,10H2,(H,18,19). The molecule has 0 bridgehead atoms. The number of rotatable bonds is 5.